The second kappa shape index (κ2) is 7.81. The van der Waals surface area contributed by atoms with Crippen LogP contribution < -0.4 is 4.52 Å². The molecule has 1 unspecified atom stereocenters. The highest BCUT2D eigenvalue weighted by Crippen LogP contribution is 2.48. The topological polar surface area (TPSA) is 78.7 Å². The molecule has 0 spiro atoms. The minimum absolute atomic E-state index is 0.0375. The number of benzene rings is 1. The molecule has 0 bridgehead atoms. The molecular formula is C11H15INO5P. The minimum atomic E-state index is -3.16. The molecule has 0 aromatic heterocycles. The van der Waals surface area contributed by atoms with Crippen LogP contribution in [0.2, 0.25) is 0 Å². The van der Waals surface area contributed by atoms with Crippen LogP contribution in [0.15, 0.2) is 24.3 Å². The van der Waals surface area contributed by atoms with E-state index in [-0.39, 0.29) is 11.8 Å². The highest BCUT2D eigenvalue weighted by Gasteiger charge is 2.23. The number of nitro benzene ring substituents is 1. The van der Waals surface area contributed by atoms with E-state index in [4.69, 9.17) is 9.05 Å². The van der Waals surface area contributed by atoms with E-state index in [1.54, 1.807) is 6.92 Å². The molecular weight excluding hydrogens is 384 g/mol. The number of non-ortho nitro benzene ring substituents is 1. The van der Waals surface area contributed by atoms with Gasteiger partial charge in [0.1, 0.15) is 5.75 Å². The van der Waals surface area contributed by atoms with E-state index in [2.05, 4.69) is 22.6 Å². The fourth-order valence-corrected chi connectivity index (χ4v) is 2.76. The summed E-state index contributed by atoms with van der Waals surface area (Å²) in [5.74, 6) is 0.310. The van der Waals surface area contributed by atoms with Gasteiger partial charge in [-0.25, -0.2) is 4.57 Å². The van der Waals surface area contributed by atoms with E-state index in [1.807, 2.05) is 0 Å². The van der Waals surface area contributed by atoms with Gasteiger partial charge in [0.25, 0.3) is 5.69 Å². The molecule has 8 heteroatoms. The van der Waals surface area contributed by atoms with Crippen LogP contribution in [0.3, 0.4) is 0 Å². The Morgan fingerprint density at radius 1 is 1.37 bits per heavy atom. The molecule has 106 valence electrons. The summed E-state index contributed by atoms with van der Waals surface area (Å²) in [6, 6.07) is 5.45. The van der Waals surface area contributed by atoms with Crippen molar-refractivity contribution in [3.8, 4) is 5.75 Å². The van der Waals surface area contributed by atoms with Gasteiger partial charge in [-0.05, 0) is 18.6 Å². The number of rotatable bonds is 8. The number of halogens is 1. The van der Waals surface area contributed by atoms with Crippen molar-refractivity contribution < 1.29 is 18.5 Å². The van der Waals surface area contributed by atoms with E-state index >= 15 is 0 Å². The molecule has 19 heavy (non-hydrogen) atoms. The number of nitrogens with zero attached hydrogens (tertiary/aromatic N) is 1. The average Bonchev–Trinajstić information content (AvgIpc) is 2.39. The van der Waals surface area contributed by atoms with Crippen molar-refractivity contribution in [2.75, 3.05) is 17.2 Å². The molecule has 0 amide bonds. The molecule has 1 atom stereocenters. The summed E-state index contributed by atoms with van der Waals surface area (Å²) in [6.45, 7) is 2.09. The summed E-state index contributed by atoms with van der Waals surface area (Å²) in [4.78, 5) is 10.0. The van der Waals surface area contributed by atoms with Crippen LogP contribution in [0, 0.1) is 10.1 Å². The lowest BCUT2D eigenvalue weighted by atomic mass is 10.3. The first-order valence-corrected chi connectivity index (χ1v) is 8.99. The van der Waals surface area contributed by atoms with Gasteiger partial charge in [0.05, 0.1) is 17.7 Å². The Labute approximate surface area is 125 Å². The Hall–Kier alpha value is -0.660. The van der Waals surface area contributed by atoms with E-state index in [0.29, 0.717) is 12.4 Å². The Bertz CT molecular complexity index is 465. The fraction of sp³-hybridized carbons (Fsp3) is 0.455. The largest absolute Gasteiger partial charge is 0.424 e. The Kier molecular flexibility index (Phi) is 6.74. The normalized spacial score (nSPS) is 13.8. The van der Waals surface area contributed by atoms with Gasteiger partial charge in [0.2, 0.25) is 0 Å². The molecule has 0 heterocycles. The molecule has 0 saturated heterocycles. The zero-order valence-corrected chi connectivity index (χ0v) is 13.5. The van der Waals surface area contributed by atoms with Crippen LogP contribution in [-0.4, -0.2) is 22.1 Å². The highest BCUT2D eigenvalue weighted by atomic mass is 127. The van der Waals surface area contributed by atoms with Gasteiger partial charge >= 0.3 is 7.60 Å². The third kappa shape index (κ3) is 5.46. The lowest BCUT2D eigenvalue weighted by molar-refractivity contribution is -0.384. The summed E-state index contributed by atoms with van der Waals surface area (Å²) in [7, 11) is -3.16. The Morgan fingerprint density at radius 3 is 2.47 bits per heavy atom. The van der Waals surface area contributed by atoms with Gasteiger partial charge in [-0.3, -0.25) is 14.6 Å². The zero-order valence-electron chi connectivity index (χ0n) is 10.5. The SMILES string of the molecule is CCP(=O)(OCCCI)Oc1ccc([N+](=O)[O-])cc1. The molecule has 0 aliphatic rings. The summed E-state index contributed by atoms with van der Waals surface area (Å²) < 4.78 is 23.8. The van der Waals surface area contributed by atoms with Gasteiger partial charge in [-0.2, -0.15) is 0 Å². The van der Waals surface area contributed by atoms with Gasteiger partial charge < -0.3 is 4.52 Å². The van der Waals surface area contributed by atoms with Crippen LogP contribution in [0.25, 0.3) is 0 Å². The number of alkyl halides is 1. The van der Waals surface area contributed by atoms with Crippen molar-refractivity contribution in [3.63, 3.8) is 0 Å². The standard InChI is InChI=1S/C11H15INO5P/c1-2-19(16,17-9-3-8-12)18-11-6-4-10(5-7-11)13(14)15/h4-7H,2-3,8-9H2,1H3. The molecule has 1 aromatic carbocycles. The molecule has 0 N–H and O–H groups in total. The first-order chi connectivity index (χ1) is 9.00. The third-order valence-corrected chi connectivity index (χ3v) is 4.85. The maximum Gasteiger partial charge on any atom is 0.378 e. The number of hydrogen-bond acceptors (Lipinski definition) is 5. The average molecular weight is 399 g/mol. The van der Waals surface area contributed by atoms with Crippen molar-refractivity contribution in [1.82, 2.24) is 0 Å². The van der Waals surface area contributed by atoms with Crippen LogP contribution in [0.4, 0.5) is 5.69 Å². The van der Waals surface area contributed by atoms with E-state index in [1.165, 1.54) is 24.3 Å². The lowest BCUT2D eigenvalue weighted by Gasteiger charge is -2.17. The minimum Gasteiger partial charge on any atom is -0.424 e. The fourth-order valence-electron chi connectivity index (χ4n) is 1.23. The Morgan fingerprint density at radius 2 is 2.00 bits per heavy atom. The first kappa shape index (κ1) is 16.4. The van der Waals surface area contributed by atoms with Crippen molar-refractivity contribution >= 4 is 35.9 Å². The predicted molar refractivity (Wildman–Crippen MR) is 81.3 cm³/mol. The van der Waals surface area contributed by atoms with Crippen LogP contribution in [0.1, 0.15) is 13.3 Å². The van der Waals surface area contributed by atoms with Crippen molar-refractivity contribution in [1.29, 1.82) is 0 Å². The van der Waals surface area contributed by atoms with Crippen LogP contribution in [-0.2, 0) is 9.09 Å². The zero-order chi connectivity index (χ0) is 14.3. The molecule has 0 radical (unpaired) electrons. The van der Waals surface area contributed by atoms with Crippen LogP contribution >= 0.6 is 30.2 Å². The molecule has 1 aromatic rings. The Balaban J connectivity index is 2.69. The van der Waals surface area contributed by atoms with Gasteiger partial charge in [-0.1, -0.05) is 29.5 Å². The monoisotopic (exact) mass is 399 g/mol. The quantitative estimate of drug-likeness (QED) is 0.165. The van der Waals surface area contributed by atoms with E-state index in [9.17, 15) is 14.7 Å². The van der Waals surface area contributed by atoms with Crippen molar-refractivity contribution in [3.05, 3.63) is 34.4 Å². The van der Waals surface area contributed by atoms with Gasteiger partial charge in [-0.15, -0.1) is 0 Å². The summed E-state index contributed by atoms with van der Waals surface area (Å²) in [5, 5.41) is 10.5. The molecule has 0 aliphatic heterocycles. The summed E-state index contributed by atoms with van der Waals surface area (Å²) >= 11 is 2.21. The number of nitro groups is 1. The smallest absolute Gasteiger partial charge is 0.378 e. The predicted octanol–water partition coefficient (Wildman–Crippen LogP) is 4.03. The maximum absolute atomic E-state index is 12.3. The van der Waals surface area contributed by atoms with Gasteiger partial charge in [0, 0.05) is 16.6 Å². The molecule has 0 saturated carbocycles. The molecule has 6 nitrogen and oxygen atoms in total. The first-order valence-electron chi connectivity index (χ1n) is 5.74. The molecule has 0 fully saturated rings. The van der Waals surface area contributed by atoms with Crippen molar-refractivity contribution in [2.45, 2.75) is 13.3 Å². The highest BCUT2D eigenvalue weighted by molar-refractivity contribution is 14.1. The third-order valence-electron chi connectivity index (χ3n) is 2.25. The van der Waals surface area contributed by atoms with Gasteiger partial charge in [0.15, 0.2) is 0 Å². The molecule has 0 aliphatic carbocycles. The molecule has 1 rings (SSSR count). The lowest BCUT2D eigenvalue weighted by Crippen LogP contribution is -2.02. The van der Waals surface area contributed by atoms with E-state index < -0.39 is 12.5 Å². The second-order valence-electron chi connectivity index (χ2n) is 3.65. The van der Waals surface area contributed by atoms with E-state index in [0.717, 1.165) is 10.8 Å². The second-order valence-corrected chi connectivity index (χ2v) is 7.02. The maximum atomic E-state index is 12.3. The summed E-state index contributed by atoms with van der Waals surface area (Å²) in [5.41, 5.74) is -0.0375. The van der Waals surface area contributed by atoms with Crippen LogP contribution in [0.5, 0.6) is 5.75 Å². The number of hydrogen-bond donors (Lipinski definition) is 0. The summed E-state index contributed by atoms with van der Waals surface area (Å²) in [6.07, 6.45) is 1.05. The van der Waals surface area contributed by atoms with Crippen molar-refractivity contribution in [2.24, 2.45) is 0 Å².